The maximum atomic E-state index is 12.7. The van der Waals surface area contributed by atoms with Gasteiger partial charge in [-0.05, 0) is 31.4 Å². The monoisotopic (exact) mass is 364 g/mol. The van der Waals surface area contributed by atoms with E-state index in [0.717, 1.165) is 25.0 Å². The molecule has 25 heavy (non-hydrogen) atoms. The number of esters is 1. The molecule has 3 heterocycles. The Hall–Kier alpha value is -1.92. The lowest BCUT2D eigenvalue weighted by molar-refractivity contribution is -0.138. The second kappa shape index (κ2) is 7.54. The summed E-state index contributed by atoms with van der Waals surface area (Å²) in [7, 11) is 1.35. The van der Waals surface area contributed by atoms with Gasteiger partial charge in [0.15, 0.2) is 0 Å². The fraction of sp³-hybridized carbons (Fsp3) is 0.500. The van der Waals surface area contributed by atoms with Gasteiger partial charge in [0, 0.05) is 30.8 Å². The topological polar surface area (TPSA) is 68.7 Å². The van der Waals surface area contributed by atoms with Gasteiger partial charge in [-0.2, -0.15) is 0 Å². The number of hydrogen-bond acceptors (Lipinski definition) is 5. The molecule has 0 radical (unpaired) electrons. The van der Waals surface area contributed by atoms with Crippen molar-refractivity contribution < 1.29 is 19.1 Å². The number of pyridine rings is 1. The minimum atomic E-state index is -0.428. The van der Waals surface area contributed by atoms with Crippen molar-refractivity contribution in [2.75, 3.05) is 20.3 Å². The summed E-state index contributed by atoms with van der Waals surface area (Å²) >= 11 is 5.85. The molecule has 1 aromatic heterocycles. The SMILES string of the molecule is COC(=O)C1=C(C)N(C[C@@H]2CCCO2)C(=O)C[C@H]1c1ccc(Cl)nc1. The van der Waals surface area contributed by atoms with Crippen molar-refractivity contribution in [3.05, 3.63) is 40.3 Å². The van der Waals surface area contributed by atoms with Crippen LogP contribution in [0.4, 0.5) is 0 Å². The Morgan fingerprint density at radius 2 is 2.28 bits per heavy atom. The predicted molar refractivity (Wildman–Crippen MR) is 92.0 cm³/mol. The van der Waals surface area contributed by atoms with Crippen molar-refractivity contribution in [1.29, 1.82) is 0 Å². The molecule has 0 aromatic carbocycles. The molecule has 0 bridgehead atoms. The summed E-state index contributed by atoms with van der Waals surface area (Å²) in [6, 6.07) is 3.45. The lowest BCUT2D eigenvalue weighted by atomic mass is 9.84. The molecule has 1 fully saturated rings. The zero-order chi connectivity index (χ0) is 18.0. The molecule has 2 aliphatic rings. The maximum absolute atomic E-state index is 12.7. The molecular weight excluding hydrogens is 344 g/mol. The third kappa shape index (κ3) is 3.70. The third-order valence-corrected chi connectivity index (χ3v) is 5.01. The van der Waals surface area contributed by atoms with Gasteiger partial charge in [-0.25, -0.2) is 9.78 Å². The van der Waals surface area contributed by atoms with Crippen molar-refractivity contribution in [1.82, 2.24) is 9.88 Å². The highest BCUT2D eigenvalue weighted by molar-refractivity contribution is 6.29. The molecule has 3 rings (SSSR count). The van der Waals surface area contributed by atoms with Crippen LogP contribution in [0.1, 0.15) is 37.7 Å². The molecule has 0 spiro atoms. The number of hydrogen-bond donors (Lipinski definition) is 0. The average molecular weight is 365 g/mol. The Bertz CT molecular complexity index is 696. The summed E-state index contributed by atoms with van der Waals surface area (Å²) < 4.78 is 10.6. The second-order valence-corrected chi connectivity index (χ2v) is 6.69. The van der Waals surface area contributed by atoms with E-state index in [-0.39, 0.29) is 24.3 Å². The highest BCUT2D eigenvalue weighted by atomic mass is 35.5. The van der Waals surface area contributed by atoms with E-state index in [4.69, 9.17) is 21.1 Å². The van der Waals surface area contributed by atoms with Crippen LogP contribution in [0.3, 0.4) is 0 Å². The Morgan fingerprint density at radius 3 is 2.88 bits per heavy atom. The van der Waals surface area contributed by atoms with Gasteiger partial charge in [-0.15, -0.1) is 0 Å². The first-order valence-corrected chi connectivity index (χ1v) is 8.71. The maximum Gasteiger partial charge on any atom is 0.336 e. The van der Waals surface area contributed by atoms with Crippen LogP contribution < -0.4 is 0 Å². The summed E-state index contributed by atoms with van der Waals surface area (Å²) in [5.41, 5.74) is 1.89. The van der Waals surface area contributed by atoms with Crippen molar-refractivity contribution in [3.63, 3.8) is 0 Å². The van der Waals surface area contributed by atoms with Crippen LogP contribution >= 0.6 is 11.6 Å². The molecule has 1 amide bonds. The molecule has 6 nitrogen and oxygen atoms in total. The number of ether oxygens (including phenoxy) is 2. The number of halogens is 1. The Morgan fingerprint density at radius 1 is 1.48 bits per heavy atom. The summed E-state index contributed by atoms with van der Waals surface area (Å²) in [5.74, 6) is -0.839. The largest absolute Gasteiger partial charge is 0.466 e. The molecule has 1 saturated heterocycles. The Kier molecular flexibility index (Phi) is 5.39. The third-order valence-electron chi connectivity index (χ3n) is 4.79. The molecule has 2 aliphatic heterocycles. The van der Waals surface area contributed by atoms with Crippen molar-refractivity contribution in [2.45, 2.75) is 38.2 Å². The zero-order valence-corrected chi connectivity index (χ0v) is 15.1. The Labute approximate surface area is 151 Å². The number of nitrogens with zero attached hydrogens (tertiary/aromatic N) is 2. The van der Waals surface area contributed by atoms with Crippen LogP contribution in [-0.4, -0.2) is 48.1 Å². The quantitative estimate of drug-likeness (QED) is 0.607. The van der Waals surface area contributed by atoms with Crippen LogP contribution in [0.25, 0.3) is 0 Å². The minimum absolute atomic E-state index is 0.0199. The number of amides is 1. The first-order chi connectivity index (χ1) is 12.0. The summed E-state index contributed by atoms with van der Waals surface area (Å²) in [6.45, 7) is 2.98. The molecule has 2 atom stereocenters. The zero-order valence-electron chi connectivity index (χ0n) is 14.3. The molecule has 1 aromatic rings. The van der Waals surface area contributed by atoms with Crippen molar-refractivity contribution >= 4 is 23.5 Å². The average Bonchev–Trinajstić information content (AvgIpc) is 3.11. The number of aromatic nitrogens is 1. The standard InChI is InChI=1S/C18H21ClN2O4/c1-11-17(18(23)24-2)14(12-5-6-15(19)20-9-12)8-16(22)21(11)10-13-4-3-7-25-13/h5-6,9,13-14H,3-4,7-8,10H2,1-2H3/t13-,14-/m0/s1. The lowest BCUT2D eigenvalue weighted by Gasteiger charge is -2.35. The van der Waals surface area contributed by atoms with Crippen LogP contribution in [0.5, 0.6) is 0 Å². The van der Waals surface area contributed by atoms with E-state index < -0.39 is 5.97 Å². The fourth-order valence-electron chi connectivity index (χ4n) is 3.48. The highest BCUT2D eigenvalue weighted by Gasteiger charge is 2.38. The minimum Gasteiger partial charge on any atom is -0.466 e. The first kappa shape index (κ1) is 17.9. The van der Waals surface area contributed by atoms with Gasteiger partial charge in [-0.1, -0.05) is 17.7 Å². The van der Waals surface area contributed by atoms with Crippen molar-refractivity contribution in [3.8, 4) is 0 Å². The van der Waals surface area contributed by atoms with Gasteiger partial charge in [-0.3, -0.25) is 4.79 Å². The van der Waals surface area contributed by atoms with Crippen LogP contribution in [0.15, 0.2) is 29.6 Å². The molecular formula is C18H21ClN2O4. The predicted octanol–water partition coefficient (Wildman–Crippen LogP) is 2.68. The van der Waals surface area contributed by atoms with E-state index in [1.807, 2.05) is 0 Å². The van der Waals surface area contributed by atoms with Gasteiger partial charge in [0.2, 0.25) is 5.91 Å². The van der Waals surface area contributed by atoms with E-state index in [1.54, 1.807) is 30.2 Å². The molecule has 7 heteroatoms. The number of methoxy groups -OCH3 is 1. The molecule has 134 valence electrons. The van der Waals surface area contributed by atoms with Gasteiger partial charge >= 0.3 is 5.97 Å². The smallest absolute Gasteiger partial charge is 0.336 e. The number of allylic oxidation sites excluding steroid dienone is 1. The van der Waals surface area contributed by atoms with Gasteiger partial charge in [0.05, 0.1) is 25.3 Å². The van der Waals surface area contributed by atoms with E-state index >= 15 is 0 Å². The summed E-state index contributed by atoms with van der Waals surface area (Å²) in [6.07, 6.45) is 3.74. The van der Waals surface area contributed by atoms with Crippen LogP contribution in [0.2, 0.25) is 5.15 Å². The van der Waals surface area contributed by atoms with Gasteiger partial charge < -0.3 is 14.4 Å². The van der Waals surface area contributed by atoms with Crippen molar-refractivity contribution in [2.24, 2.45) is 0 Å². The van der Waals surface area contributed by atoms with Gasteiger partial charge in [0.25, 0.3) is 0 Å². The van der Waals surface area contributed by atoms with E-state index in [9.17, 15) is 9.59 Å². The van der Waals surface area contributed by atoms with Crippen LogP contribution in [-0.2, 0) is 19.1 Å². The molecule has 0 aliphatic carbocycles. The second-order valence-electron chi connectivity index (χ2n) is 6.30. The number of carbonyl (C=O) groups is 2. The summed E-state index contributed by atoms with van der Waals surface area (Å²) in [4.78, 5) is 30.9. The van der Waals surface area contributed by atoms with E-state index in [2.05, 4.69) is 4.98 Å². The van der Waals surface area contributed by atoms with Gasteiger partial charge in [0.1, 0.15) is 5.15 Å². The van der Waals surface area contributed by atoms with Crippen LogP contribution in [0, 0.1) is 0 Å². The fourth-order valence-corrected chi connectivity index (χ4v) is 3.59. The summed E-state index contributed by atoms with van der Waals surface area (Å²) in [5, 5.41) is 0.367. The van der Waals surface area contributed by atoms with E-state index in [0.29, 0.717) is 23.0 Å². The first-order valence-electron chi connectivity index (χ1n) is 8.33. The highest BCUT2D eigenvalue weighted by Crippen LogP contribution is 2.37. The lowest BCUT2D eigenvalue weighted by Crippen LogP contribution is -2.42. The number of rotatable bonds is 4. The molecule has 0 unspecified atom stereocenters. The molecule has 0 N–H and O–H groups in total. The molecule has 0 saturated carbocycles. The number of carbonyl (C=O) groups excluding carboxylic acids is 2. The Balaban J connectivity index is 1.96. The normalized spacial score (nSPS) is 24.0. The van der Waals surface area contributed by atoms with E-state index in [1.165, 1.54) is 7.11 Å².